The highest BCUT2D eigenvalue weighted by Gasteiger charge is 2.31. The molecule has 1 aliphatic heterocycles. The first kappa shape index (κ1) is 17.2. The van der Waals surface area contributed by atoms with Crippen LogP contribution in [0.2, 0.25) is 10.0 Å². The van der Waals surface area contributed by atoms with Crippen LogP contribution in [0.1, 0.15) is 36.4 Å². The molecule has 1 atom stereocenters. The zero-order valence-electron chi connectivity index (χ0n) is 14.1. The SMILES string of the molecule is O=C1NC2=C(CCC/C2=C\c2ccc(Cl)cc2)C(c2ccc(Cl)cc2)N1. The number of benzene rings is 2. The van der Waals surface area contributed by atoms with E-state index in [1.807, 2.05) is 48.5 Å². The van der Waals surface area contributed by atoms with Gasteiger partial charge in [-0.05, 0) is 71.9 Å². The van der Waals surface area contributed by atoms with E-state index in [-0.39, 0.29) is 12.1 Å². The Morgan fingerprint density at radius 1 is 0.923 bits per heavy atom. The molecule has 1 heterocycles. The van der Waals surface area contributed by atoms with E-state index in [9.17, 15) is 4.79 Å². The number of carbonyl (C=O) groups excluding carboxylic acids is 1. The van der Waals surface area contributed by atoms with Crippen molar-refractivity contribution in [2.24, 2.45) is 0 Å². The molecule has 0 saturated heterocycles. The summed E-state index contributed by atoms with van der Waals surface area (Å²) in [6.07, 6.45) is 5.08. The number of halogens is 2. The number of nitrogens with one attached hydrogen (secondary N) is 2. The van der Waals surface area contributed by atoms with Gasteiger partial charge in [-0.3, -0.25) is 0 Å². The zero-order valence-corrected chi connectivity index (χ0v) is 15.6. The zero-order chi connectivity index (χ0) is 18.1. The lowest BCUT2D eigenvalue weighted by Crippen LogP contribution is -2.45. The maximum absolute atomic E-state index is 12.3. The second-order valence-electron chi connectivity index (χ2n) is 6.56. The molecule has 1 unspecified atom stereocenters. The summed E-state index contributed by atoms with van der Waals surface area (Å²) >= 11 is 12.0. The number of allylic oxidation sites excluding steroid dienone is 1. The van der Waals surface area contributed by atoms with Gasteiger partial charge in [0.1, 0.15) is 0 Å². The predicted octanol–water partition coefficient (Wildman–Crippen LogP) is 5.87. The molecule has 1 aliphatic carbocycles. The molecule has 2 aromatic rings. The third-order valence-corrected chi connectivity index (χ3v) is 5.32. The van der Waals surface area contributed by atoms with Gasteiger partial charge in [0.25, 0.3) is 0 Å². The van der Waals surface area contributed by atoms with Gasteiger partial charge in [-0.2, -0.15) is 0 Å². The maximum atomic E-state index is 12.3. The Bertz CT molecular complexity index is 899. The fraction of sp³-hybridized carbons (Fsp3) is 0.190. The van der Waals surface area contributed by atoms with E-state index in [4.69, 9.17) is 23.2 Å². The van der Waals surface area contributed by atoms with E-state index in [0.29, 0.717) is 10.0 Å². The third-order valence-electron chi connectivity index (χ3n) is 4.81. The fourth-order valence-electron chi connectivity index (χ4n) is 3.59. The van der Waals surface area contributed by atoms with Crippen LogP contribution >= 0.6 is 23.2 Å². The quantitative estimate of drug-likeness (QED) is 0.667. The van der Waals surface area contributed by atoms with Crippen LogP contribution in [0.4, 0.5) is 4.79 Å². The number of rotatable bonds is 2. The molecule has 26 heavy (non-hydrogen) atoms. The second kappa shape index (κ2) is 7.18. The van der Waals surface area contributed by atoms with Crippen molar-refractivity contribution in [3.8, 4) is 0 Å². The van der Waals surface area contributed by atoms with E-state index in [1.165, 1.54) is 5.57 Å². The molecule has 0 saturated carbocycles. The molecule has 132 valence electrons. The Morgan fingerprint density at radius 2 is 1.58 bits per heavy atom. The van der Waals surface area contributed by atoms with Crippen molar-refractivity contribution in [3.05, 3.63) is 86.5 Å². The van der Waals surface area contributed by atoms with Crippen molar-refractivity contribution >= 4 is 35.3 Å². The summed E-state index contributed by atoms with van der Waals surface area (Å²) in [5.74, 6) is 0. The van der Waals surface area contributed by atoms with E-state index in [1.54, 1.807) is 0 Å². The summed E-state index contributed by atoms with van der Waals surface area (Å²) in [5.41, 5.74) is 5.45. The normalized spacial score (nSPS) is 21.2. The van der Waals surface area contributed by atoms with Crippen LogP contribution in [0.15, 0.2) is 65.4 Å². The molecule has 0 radical (unpaired) electrons. The van der Waals surface area contributed by atoms with E-state index in [2.05, 4.69) is 16.7 Å². The van der Waals surface area contributed by atoms with Gasteiger partial charge in [0, 0.05) is 15.7 Å². The topological polar surface area (TPSA) is 41.1 Å². The smallest absolute Gasteiger partial charge is 0.319 e. The molecule has 3 nitrogen and oxygen atoms in total. The highest BCUT2D eigenvalue weighted by atomic mass is 35.5. The molecule has 0 aromatic heterocycles. The van der Waals surface area contributed by atoms with Crippen molar-refractivity contribution in [2.75, 3.05) is 0 Å². The van der Waals surface area contributed by atoms with Gasteiger partial charge in [0.15, 0.2) is 0 Å². The van der Waals surface area contributed by atoms with Gasteiger partial charge in [-0.1, -0.05) is 47.5 Å². The molecule has 0 bridgehead atoms. The molecule has 0 fully saturated rings. The molecule has 2 amide bonds. The second-order valence-corrected chi connectivity index (χ2v) is 7.43. The lowest BCUT2D eigenvalue weighted by molar-refractivity contribution is 0.238. The monoisotopic (exact) mass is 384 g/mol. The van der Waals surface area contributed by atoms with Crippen molar-refractivity contribution in [1.82, 2.24) is 10.6 Å². The van der Waals surface area contributed by atoms with Crippen LogP contribution in [-0.4, -0.2) is 6.03 Å². The van der Waals surface area contributed by atoms with E-state index in [0.717, 1.165) is 41.7 Å². The molecule has 2 N–H and O–H groups in total. The van der Waals surface area contributed by atoms with Crippen molar-refractivity contribution in [1.29, 1.82) is 0 Å². The Morgan fingerprint density at radius 3 is 2.27 bits per heavy atom. The Balaban J connectivity index is 1.75. The van der Waals surface area contributed by atoms with Gasteiger partial charge in [0.2, 0.25) is 0 Å². The summed E-state index contributed by atoms with van der Waals surface area (Å²) in [7, 11) is 0. The largest absolute Gasteiger partial charge is 0.327 e. The summed E-state index contributed by atoms with van der Waals surface area (Å²) in [6.45, 7) is 0. The number of hydrogen-bond acceptors (Lipinski definition) is 1. The van der Waals surface area contributed by atoms with Gasteiger partial charge in [-0.15, -0.1) is 0 Å². The average molecular weight is 385 g/mol. The standard InChI is InChI=1S/C21H18Cl2N2O/c22-16-8-4-13(5-9-16)12-15-2-1-3-18-19(24-21(26)25-20(15)18)14-6-10-17(23)11-7-14/h4-12,19H,1-3H2,(H2,24,25,26)/b15-12+. The van der Waals surface area contributed by atoms with Crippen LogP contribution in [0.5, 0.6) is 0 Å². The van der Waals surface area contributed by atoms with Gasteiger partial charge in [-0.25, -0.2) is 4.79 Å². The Hall–Kier alpha value is -2.23. The number of urea groups is 1. The minimum atomic E-state index is -0.174. The molecule has 0 spiro atoms. The average Bonchev–Trinajstić information content (AvgIpc) is 2.64. The summed E-state index contributed by atoms with van der Waals surface area (Å²) in [4.78, 5) is 12.3. The predicted molar refractivity (Wildman–Crippen MR) is 106 cm³/mol. The summed E-state index contributed by atoms with van der Waals surface area (Å²) in [5, 5.41) is 7.47. The van der Waals surface area contributed by atoms with Crippen LogP contribution in [-0.2, 0) is 0 Å². The van der Waals surface area contributed by atoms with Crippen molar-refractivity contribution in [3.63, 3.8) is 0 Å². The first-order valence-corrected chi connectivity index (χ1v) is 9.38. The molecule has 2 aromatic carbocycles. The highest BCUT2D eigenvalue weighted by Crippen LogP contribution is 2.38. The third kappa shape index (κ3) is 3.50. The molecule has 4 rings (SSSR count). The van der Waals surface area contributed by atoms with Gasteiger partial charge in [0.05, 0.1) is 6.04 Å². The molecule has 2 aliphatic rings. The molecular formula is C21H18Cl2N2O. The maximum Gasteiger partial charge on any atom is 0.319 e. The first-order chi connectivity index (χ1) is 12.6. The van der Waals surface area contributed by atoms with Gasteiger partial charge < -0.3 is 10.6 Å². The van der Waals surface area contributed by atoms with E-state index >= 15 is 0 Å². The van der Waals surface area contributed by atoms with E-state index < -0.39 is 0 Å². The molecular weight excluding hydrogens is 367 g/mol. The van der Waals surface area contributed by atoms with Crippen LogP contribution in [0.3, 0.4) is 0 Å². The minimum Gasteiger partial charge on any atom is -0.327 e. The van der Waals surface area contributed by atoms with Crippen LogP contribution in [0.25, 0.3) is 6.08 Å². The Kier molecular flexibility index (Phi) is 4.75. The van der Waals surface area contributed by atoms with Crippen LogP contribution in [0, 0.1) is 0 Å². The number of amides is 2. The highest BCUT2D eigenvalue weighted by molar-refractivity contribution is 6.30. The van der Waals surface area contributed by atoms with Crippen molar-refractivity contribution < 1.29 is 4.79 Å². The summed E-state index contributed by atoms with van der Waals surface area (Å²) < 4.78 is 0. The lowest BCUT2D eigenvalue weighted by Gasteiger charge is -2.34. The van der Waals surface area contributed by atoms with Crippen LogP contribution < -0.4 is 10.6 Å². The minimum absolute atomic E-state index is 0.120. The molecule has 5 heteroatoms. The van der Waals surface area contributed by atoms with Crippen molar-refractivity contribution in [2.45, 2.75) is 25.3 Å². The number of hydrogen-bond donors (Lipinski definition) is 2. The fourth-order valence-corrected chi connectivity index (χ4v) is 3.84. The number of carbonyl (C=O) groups is 1. The summed E-state index contributed by atoms with van der Waals surface area (Å²) in [6, 6.07) is 15.1. The lowest BCUT2D eigenvalue weighted by atomic mass is 9.83. The van der Waals surface area contributed by atoms with Gasteiger partial charge >= 0.3 is 6.03 Å². The Labute approximate surface area is 162 Å². The first-order valence-electron chi connectivity index (χ1n) is 8.63.